The molecule has 0 heterocycles. The van der Waals surface area contributed by atoms with Crippen LogP contribution in [0.25, 0.3) is 0 Å². The van der Waals surface area contributed by atoms with Gasteiger partial charge in [0.05, 0.1) is 18.7 Å². The Labute approximate surface area is 277 Å². The summed E-state index contributed by atoms with van der Waals surface area (Å²) in [7, 11) is -4.94. The second-order valence-electron chi connectivity index (χ2n) is 8.39. The molecule has 39 heavy (non-hydrogen) atoms. The van der Waals surface area contributed by atoms with Gasteiger partial charge in [-0.15, -0.1) is 0 Å². The number of aliphatic carboxylic acids is 2. The maximum Gasteiger partial charge on any atom is 1.00 e. The van der Waals surface area contributed by atoms with Gasteiger partial charge in [-0.2, -0.15) is 8.42 Å². The monoisotopic (exact) mass is 600 g/mol. The molecule has 2 unspecified atom stereocenters. The summed E-state index contributed by atoms with van der Waals surface area (Å²) < 4.78 is 28.5. The largest absolute Gasteiger partial charge is 1.00 e. The Balaban J connectivity index is -0.000000182. The van der Waals surface area contributed by atoms with Crippen molar-refractivity contribution in [1.29, 1.82) is 0 Å². The van der Waals surface area contributed by atoms with Crippen LogP contribution >= 0.6 is 0 Å². The molecule has 0 aromatic heterocycles. The molecule has 0 bridgehead atoms. The molecule has 12 nitrogen and oxygen atoms in total. The van der Waals surface area contributed by atoms with Gasteiger partial charge >= 0.3 is 59.1 Å². The summed E-state index contributed by atoms with van der Waals surface area (Å²) in [5.41, 5.74) is 9.87. The van der Waals surface area contributed by atoms with Crippen LogP contribution in [0.3, 0.4) is 0 Å². The van der Waals surface area contributed by atoms with Gasteiger partial charge in [0.2, 0.25) is 5.91 Å². The molecular formula is C24H46N2Na2O10S. The zero-order valence-corrected chi connectivity index (χ0v) is 28.7. The molecule has 0 aliphatic rings. The molecule has 0 saturated heterocycles. The summed E-state index contributed by atoms with van der Waals surface area (Å²) in [6.07, 6.45) is 16.7. The number of aliphatic hydroxyl groups is 2. The fourth-order valence-corrected chi connectivity index (χ4v) is 3.44. The molecule has 2 atom stereocenters. The van der Waals surface area contributed by atoms with Crippen molar-refractivity contribution in [2.45, 2.75) is 108 Å². The Morgan fingerprint density at radius 3 is 1.85 bits per heavy atom. The van der Waals surface area contributed by atoms with Gasteiger partial charge in [-0.1, -0.05) is 64.0 Å². The van der Waals surface area contributed by atoms with E-state index >= 15 is 0 Å². The van der Waals surface area contributed by atoms with Gasteiger partial charge in [-0.05, 0) is 32.1 Å². The zero-order chi connectivity index (χ0) is 29.1. The summed E-state index contributed by atoms with van der Waals surface area (Å²) in [6.45, 7) is 2.68. The van der Waals surface area contributed by atoms with Gasteiger partial charge in [-0.25, -0.2) is 0 Å². The van der Waals surface area contributed by atoms with Crippen LogP contribution in [0, 0.1) is 0 Å². The van der Waals surface area contributed by atoms with E-state index in [4.69, 9.17) is 21.1 Å². The number of nitrogens with two attached hydrogens (primary N) is 2. The second-order valence-corrected chi connectivity index (χ2v) is 9.99. The normalized spacial score (nSPS) is 11.9. The number of carbonyl (C=O) groups excluding carboxylic acids is 3. The Morgan fingerprint density at radius 2 is 1.44 bits per heavy atom. The van der Waals surface area contributed by atoms with Crippen molar-refractivity contribution in [2.24, 2.45) is 11.5 Å². The predicted octanol–water partition coefficient (Wildman–Crippen LogP) is -6.44. The third kappa shape index (κ3) is 42.5. The zero-order valence-electron chi connectivity index (χ0n) is 23.9. The molecule has 15 heteroatoms. The van der Waals surface area contributed by atoms with Gasteiger partial charge in [0.25, 0.3) is 10.1 Å². The van der Waals surface area contributed by atoms with E-state index in [1.165, 1.54) is 38.5 Å². The third-order valence-corrected chi connectivity index (χ3v) is 5.94. The molecule has 0 rings (SSSR count). The number of hydrogen-bond donors (Lipinski definition) is 5. The number of carboxylic acid groups (broad SMARTS) is 2. The van der Waals surface area contributed by atoms with Gasteiger partial charge in [0.15, 0.2) is 0 Å². The number of hydrogen-bond acceptors (Lipinski definition) is 10. The molecule has 0 spiro atoms. The van der Waals surface area contributed by atoms with Crippen molar-refractivity contribution in [3.8, 4) is 0 Å². The summed E-state index contributed by atoms with van der Waals surface area (Å²) in [6, 6.07) is 0. The van der Waals surface area contributed by atoms with Crippen molar-refractivity contribution in [1.82, 2.24) is 0 Å². The molecule has 0 fully saturated rings. The SMILES string of the molecule is CCCCCCC(O)C/C=C\CCCCCCCC(N)=O.NCCO.O=C([O-])CC(C(=O)[O-])S(=O)(=O)O.[Na+].[Na+]. The smallest absolute Gasteiger partial charge is 0.550 e. The number of carbonyl (C=O) groups is 3. The van der Waals surface area contributed by atoms with Crippen LogP contribution in [0.5, 0.6) is 0 Å². The first-order chi connectivity index (χ1) is 17.3. The average Bonchev–Trinajstić information content (AvgIpc) is 2.81. The third-order valence-electron chi connectivity index (χ3n) is 4.86. The molecule has 7 N–H and O–H groups in total. The van der Waals surface area contributed by atoms with Gasteiger partial charge < -0.3 is 41.5 Å². The first kappa shape index (κ1) is 48.7. The minimum absolute atomic E-state index is 0. The standard InChI is InChI=1S/C18H35NO2.C4H6O7S.C2H7NO.2Na/c1-2-3-4-11-14-17(20)15-12-9-7-5-6-8-10-13-16-18(19)21;5-3(6)1-2(4(7)8)12(9,10)11;3-1-2-4;;/h9,12,17,20H,2-8,10-11,13-16H2,1H3,(H2,19,21);2H,1H2,(H,5,6)(H,7,8)(H,9,10,11);4H,1-3H2;;/q;;;2*+1/p-2/b12-9-;;;;. The number of rotatable bonds is 20. The molecule has 1 amide bonds. The van der Waals surface area contributed by atoms with Gasteiger partial charge in [0, 0.05) is 25.4 Å². The van der Waals surface area contributed by atoms with Crippen LogP contribution in [0.15, 0.2) is 12.2 Å². The number of unbranched alkanes of at least 4 members (excludes halogenated alkanes) is 8. The molecule has 0 radical (unpaired) electrons. The topological polar surface area (TPSA) is 244 Å². The predicted molar refractivity (Wildman–Crippen MR) is 136 cm³/mol. The number of carboxylic acids is 2. The first-order valence-corrected chi connectivity index (χ1v) is 14.1. The molecule has 0 aromatic rings. The van der Waals surface area contributed by atoms with Crippen LogP contribution in [-0.2, 0) is 24.5 Å². The molecule has 0 aromatic carbocycles. The van der Waals surface area contributed by atoms with Gasteiger partial charge in [0.1, 0.15) is 5.25 Å². The molecular weight excluding hydrogens is 554 g/mol. The Bertz CT molecular complexity index is 724. The van der Waals surface area contributed by atoms with E-state index in [1.54, 1.807) is 0 Å². The molecule has 0 aliphatic carbocycles. The van der Waals surface area contributed by atoms with E-state index < -0.39 is 33.7 Å². The second kappa shape index (κ2) is 34.1. The fourth-order valence-electron chi connectivity index (χ4n) is 2.85. The van der Waals surface area contributed by atoms with E-state index in [0.29, 0.717) is 13.0 Å². The number of amides is 1. The van der Waals surface area contributed by atoms with Crippen LogP contribution in [0.2, 0.25) is 0 Å². The van der Waals surface area contributed by atoms with Crippen LogP contribution < -0.4 is 80.8 Å². The quantitative estimate of drug-likeness (QED) is 0.0381. The Kier molecular flexibility index (Phi) is 42.6. The van der Waals surface area contributed by atoms with Crippen molar-refractivity contribution >= 4 is 28.0 Å². The minimum atomic E-state index is -4.94. The van der Waals surface area contributed by atoms with E-state index in [2.05, 4.69) is 19.1 Å². The Hall–Kier alpha value is -0.0600. The average molecular weight is 601 g/mol. The van der Waals surface area contributed by atoms with E-state index in [9.17, 15) is 38.1 Å². The fraction of sp³-hybridized carbons (Fsp3) is 0.792. The Morgan fingerprint density at radius 1 is 0.923 bits per heavy atom. The van der Waals surface area contributed by atoms with Crippen molar-refractivity contribution in [3.63, 3.8) is 0 Å². The van der Waals surface area contributed by atoms with Crippen LogP contribution in [0.4, 0.5) is 0 Å². The minimum Gasteiger partial charge on any atom is -0.550 e. The summed E-state index contributed by atoms with van der Waals surface area (Å²) in [5, 5.41) is 34.8. The van der Waals surface area contributed by atoms with Crippen molar-refractivity contribution in [2.75, 3.05) is 13.2 Å². The maximum absolute atomic E-state index is 10.6. The van der Waals surface area contributed by atoms with E-state index in [1.807, 2.05) is 0 Å². The van der Waals surface area contributed by atoms with Crippen molar-refractivity contribution < 1.29 is 107 Å². The molecule has 0 saturated carbocycles. The number of allylic oxidation sites excluding steroid dienone is 1. The summed E-state index contributed by atoms with van der Waals surface area (Å²) in [5.74, 6) is -4.27. The van der Waals surface area contributed by atoms with E-state index in [0.717, 1.165) is 38.5 Å². The summed E-state index contributed by atoms with van der Waals surface area (Å²) >= 11 is 0. The van der Waals surface area contributed by atoms with Crippen molar-refractivity contribution in [3.05, 3.63) is 12.2 Å². The molecule has 220 valence electrons. The number of primary amides is 1. The van der Waals surface area contributed by atoms with E-state index in [-0.39, 0.29) is 77.7 Å². The van der Waals surface area contributed by atoms with Crippen LogP contribution in [-0.4, -0.2) is 65.5 Å². The number of aliphatic hydroxyl groups excluding tert-OH is 2. The molecule has 0 aliphatic heterocycles. The summed E-state index contributed by atoms with van der Waals surface area (Å²) in [4.78, 5) is 30.3. The first-order valence-electron chi connectivity index (χ1n) is 12.6. The van der Waals surface area contributed by atoms with Gasteiger partial charge in [-0.3, -0.25) is 9.35 Å². The van der Waals surface area contributed by atoms with Crippen LogP contribution in [0.1, 0.15) is 96.8 Å². The maximum atomic E-state index is 10.6.